The molecule has 0 spiro atoms. The number of benzene rings is 2. The van der Waals surface area contributed by atoms with Crippen LogP contribution >= 0.6 is 0 Å². The maximum Gasteiger partial charge on any atom is 0.255 e. The summed E-state index contributed by atoms with van der Waals surface area (Å²) in [6, 6.07) is 10.6. The molecule has 0 heterocycles. The summed E-state index contributed by atoms with van der Waals surface area (Å²) in [6.07, 6.45) is 1.49. The van der Waals surface area contributed by atoms with Gasteiger partial charge in [-0.1, -0.05) is 25.5 Å². The third kappa shape index (κ3) is 4.68. The Labute approximate surface area is 153 Å². The monoisotopic (exact) mass is 378 g/mol. The highest BCUT2D eigenvalue weighted by Gasteiger charge is 2.25. The fraction of sp³-hybridized carbons (Fsp3) is 0.316. The van der Waals surface area contributed by atoms with Crippen LogP contribution in [0.1, 0.15) is 35.7 Å². The van der Waals surface area contributed by atoms with Gasteiger partial charge in [0.2, 0.25) is 10.0 Å². The zero-order valence-corrected chi connectivity index (χ0v) is 15.9. The van der Waals surface area contributed by atoms with E-state index in [0.717, 1.165) is 28.4 Å². The van der Waals surface area contributed by atoms with Crippen LogP contribution in [0, 0.1) is 12.7 Å². The van der Waals surface area contributed by atoms with Gasteiger partial charge >= 0.3 is 0 Å². The molecule has 0 aliphatic rings. The number of amides is 1. The summed E-state index contributed by atoms with van der Waals surface area (Å²) in [5.74, 6) is -1.37. The first kappa shape index (κ1) is 20.1. The number of halogens is 1. The lowest BCUT2D eigenvalue weighted by Crippen LogP contribution is -2.29. The van der Waals surface area contributed by atoms with Gasteiger partial charge in [0, 0.05) is 24.8 Å². The van der Waals surface area contributed by atoms with Crippen molar-refractivity contribution < 1.29 is 17.6 Å². The molecule has 0 aromatic heterocycles. The average molecular weight is 378 g/mol. The van der Waals surface area contributed by atoms with Crippen LogP contribution in [-0.4, -0.2) is 32.2 Å². The van der Waals surface area contributed by atoms with Gasteiger partial charge in [0.05, 0.1) is 0 Å². The molecule has 26 heavy (non-hydrogen) atoms. The molecular formula is C19H23FN2O3S. The Morgan fingerprint density at radius 1 is 1.19 bits per heavy atom. The molecule has 1 N–H and O–H groups in total. The van der Waals surface area contributed by atoms with E-state index in [2.05, 4.69) is 5.32 Å². The van der Waals surface area contributed by atoms with E-state index in [1.807, 2.05) is 19.9 Å². The Bertz CT molecular complexity index is 897. The van der Waals surface area contributed by atoms with Gasteiger partial charge in [-0.25, -0.2) is 17.1 Å². The van der Waals surface area contributed by atoms with Crippen molar-refractivity contribution in [3.63, 3.8) is 0 Å². The molecule has 0 bridgehead atoms. The van der Waals surface area contributed by atoms with Crippen molar-refractivity contribution in [1.82, 2.24) is 4.31 Å². The van der Waals surface area contributed by atoms with Gasteiger partial charge in [-0.15, -0.1) is 0 Å². The first-order chi connectivity index (χ1) is 12.3. The summed E-state index contributed by atoms with van der Waals surface area (Å²) in [5.41, 5.74) is 1.64. The molecule has 0 saturated heterocycles. The average Bonchev–Trinajstić information content (AvgIpc) is 2.59. The van der Waals surface area contributed by atoms with Crippen molar-refractivity contribution in [2.24, 2.45) is 0 Å². The smallest absolute Gasteiger partial charge is 0.255 e. The van der Waals surface area contributed by atoms with Crippen molar-refractivity contribution >= 4 is 21.6 Å². The molecule has 7 heteroatoms. The van der Waals surface area contributed by atoms with Crippen LogP contribution in [0.2, 0.25) is 0 Å². The van der Waals surface area contributed by atoms with E-state index in [0.29, 0.717) is 12.1 Å². The van der Waals surface area contributed by atoms with E-state index in [4.69, 9.17) is 0 Å². The maximum atomic E-state index is 14.2. The van der Waals surface area contributed by atoms with Crippen LogP contribution in [0.3, 0.4) is 0 Å². The third-order valence-electron chi connectivity index (χ3n) is 3.98. The number of sulfonamides is 1. The van der Waals surface area contributed by atoms with Gasteiger partial charge in [0.15, 0.2) is 0 Å². The molecule has 0 aliphatic heterocycles. The number of rotatable bonds is 7. The molecule has 1 amide bonds. The minimum absolute atomic E-state index is 0.0790. The fourth-order valence-corrected chi connectivity index (χ4v) is 3.73. The van der Waals surface area contributed by atoms with E-state index in [9.17, 15) is 17.6 Å². The Balaban J connectivity index is 2.30. The number of aryl methyl sites for hydroxylation is 1. The number of anilines is 1. The molecule has 0 radical (unpaired) electrons. The van der Waals surface area contributed by atoms with Crippen LogP contribution in [0.4, 0.5) is 10.1 Å². The highest BCUT2D eigenvalue weighted by atomic mass is 32.2. The number of nitrogens with zero attached hydrogens (tertiary/aromatic N) is 1. The predicted molar refractivity (Wildman–Crippen MR) is 100 cm³/mol. The number of hydrogen-bond acceptors (Lipinski definition) is 3. The molecule has 0 fully saturated rings. The molecular weight excluding hydrogens is 355 g/mol. The minimum atomic E-state index is -4.00. The summed E-state index contributed by atoms with van der Waals surface area (Å²) < 4.78 is 40.4. The summed E-state index contributed by atoms with van der Waals surface area (Å²) in [4.78, 5) is 11.9. The van der Waals surface area contributed by atoms with Gasteiger partial charge in [-0.2, -0.15) is 0 Å². The van der Waals surface area contributed by atoms with Crippen LogP contribution in [0.15, 0.2) is 47.4 Å². The first-order valence-electron chi connectivity index (χ1n) is 8.39. The Morgan fingerprint density at radius 2 is 1.92 bits per heavy atom. The molecule has 0 saturated carbocycles. The number of hydrogen-bond donors (Lipinski definition) is 1. The van der Waals surface area contributed by atoms with Crippen molar-refractivity contribution in [2.45, 2.75) is 31.6 Å². The standard InChI is InChI=1S/C19H23FN2O3S/c1-4-5-11-22(3)26(24,25)18-13-15(9-10-17(18)20)19(23)21-16-8-6-7-14(2)12-16/h6-10,12-13H,4-5,11H2,1-3H3,(H,21,23). The SMILES string of the molecule is CCCCN(C)S(=O)(=O)c1cc(C(=O)Nc2cccc(C)c2)ccc1F. The van der Waals surface area contributed by atoms with Gasteiger partial charge in [-0.05, 0) is 49.2 Å². The number of unbranched alkanes of at least 4 members (excludes halogenated alkanes) is 1. The second-order valence-electron chi connectivity index (χ2n) is 6.15. The topological polar surface area (TPSA) is 66.5 Å². The van der Waals surface area contributed by atoms with Crippen LogP contribution < -0.4 is 5.32 Å². The van der Waals surface area contributed by atoms with Crippen molar-refractivity contribution in [2.75, 3.05) is 18.9 Å². The highest BCUT2D eigenvalue weighted by molar-refractivity contribution is 7.89. The largest absolute Gasteiger partial charge is 0.322 e. The third-order valence-corrected chi connectivity index (χ3v) is 5.86. The van der Waals surface area contributed by atoms with E-state index in [-0.39, 0.29) is 12.1 Å². The number of carbonyl (C=O) groups is 1. The Hall–Kier alpha value is -2.25. The highest BCUT2D eigenvalue weighted by Crippen LogP contribution is 2.21. The normalized spacial score (nSPS) is 11.6. The molecule has 0 atom stereocenters. The van der Waals surface area contributed by atoms with Crippen molar-refractivity contribution in [1.29, 1.82) is 0 Å². The fourth-order valence-electron chi connectivity index (χ4n) is 2.44. The molecule has 5 nitrogen and oxygen atoms in total. The predicted octanol–water partition coefficient (Wildman–Crippen LogP) is 3.81. The van der Waals surface area contributed by atoms with Crippen LogP contribution in [-0.2, 0) is 10.0 Å². The zero-order chi connectivity index (χ0) is 19.3. The summed E-state index contributed by atoms with van der Waals surface area (Å²) in [6.45, 7) is 4.12. The summed E-state index contributed by atoms with van der Waals surface area (Å²) >= 11 is 0. The Morgan fingerprint density at radius 3 is 2.58 bits per heavy atom. The van der Waals surface area contributed by atoms with E-state index >= 15 is 0 Å². The second kappa shape index (κ2) is 8.42. The quantitative estimate of drug-likeness (QED) is 0.797. The first-order valence-corrected chi connectivity index (χ1v) is 9.83. The Kier molecular flexibility index (Phi) is 6.50. The molecule has 2 rings (SSSR count). The van der Waals surface area contributed by atoms with Crippen LogP contribution in [0.25, 0.3) is 0 Å². The molecule has 2 aromatic carbocycles. The van der Waals surface area contributed by atoms with Crippen molar-refractivity contribution in [3.8, 4) is 0 Å². The van der Waals surface area contributed by atoms with Gasteiger partial charge in [-0.3, -0.25) is 4.79 Å². The van der Waals surface area contributed by atoms with Crippen molar-refractivity contribution in [3.05, 3.63) is 59.4 Å². The van der Waals surface area contributed by atoms with E-state index in [1.165, 1.54) is 13.1 Å². The minimum Gasteiger partial charge on any atom is -0.322 e. The van der Waals surface area contributed by atoms with Gasteiger partial charge < -0.3 is 5.32 Å². The molecule has 2 aromatic rings. The molecule has 140 valence electrons. The molecule has 0 unspecified atom stereocenters. The molecule has 0 aliphatic carbocycles. The maximum absolute atomic E-state index is 14.2. The lowest BCUT2D eigenvalue weighted by molar-refractivity contribution is 0.102. The van der Waals surface area contributed by atoms with E-state index in [1.54, 1.807) is 18.2 Å². The second-order valence-corrected chi connectivity index (χ2v) is 8.16. The summed E-state index contributed by atoms with van der Waals surface area (Å²) in [7, 11) is -2.59. The zero-order valence-electron chi connectivity index (χ0n) is 15.1. The number of carbonyl (C=O) groups excluding carboxylic acids is 1. The lowest BCUT2D eigenvalue weighted by Gasteiger charge is -2.17. The van der Waals surface area contributed by atoms with E-state index < -0.39 is 26.6 Å². The van der Waals surface area contributed by atoms with Crippen LogP contribution in [0.5, 0.6) is 0 Å². The summed E-state index contributed by atoms with van der Waals surface area (Å²) in [5, 5.41) is 2.69. The van der Waals surface area contributed by atoms with Gasteiger partial charge in [0.25, 0.3) is 5.91 Å². The lowest BCUT2D eigenvalue weighted by atomic mass is 10.2. The number of nitrogens with one attached hydrogen (secondary N) is 1. The van der Waals surface area contributed by atoms with Gasteiger partial charge in [0.1, 0.15) is 10.7 Å².